The lowest BCUT2D eigenvalue weighted by Gasteiger charge is -2.32. The summed E-state index contributed by atoms with van der Waals surface area (Å²) in [6, 6.07) is 0.681. The molecule has 1 fully saturated rings. The highest BCUT2D eigenvalue weighted by molar-refractivity contribution is 5.82. The monoisotopic (exact) mass is 237 g/mol. The Morgan fingerprint density at radius 2 is 2.06 bits per heavy atom. The maximum atomic E-state index is 4.66. The topological polar surface area (TPSA) is 27.6 Å². The molecule has 1 saturated heterocycles. The summed E-state index contributed by atoms with van der Waals surface area (Å²) in [5.41, 5.74) is 0. The molecule has 0 aromatic heterocycles. The van der Waals surface area contributed by atoms with Gasteiger partial charge >= 0.3 is 0 Å². The number of likely N-dealkylation sites (tertiary alicyclic amines) is 1. The first-order valence-electron chi connectivity index (χ1n) is 7.40. The number of nitrogens with zero attached hydrogens (tertiary/aromatic N) is 2. The van der Waals surface area contributed by atoms with Crippen molar-refractivity contribution in [2.45, 2.75) is 57.9 Å². The Hall–Kier alpha value is -0.570. The van der Waals surface area contributed by atoms with E-state index in [1.165, 1.54) is 70.4 Å². The minimum Gasteiger partial charge on any atom is -0.371 e. The number of nitrogens with one attached hydrogen (secondary N) is 1. The fraction of sp³-hybridized carbons (Fsp3) is 0.929. The van der Waals surface area contributed by atoms with Crippen molar-refractivity contribution in [1.82, 2.24) is 10.2 Å². The summed E-state index contributed by atoms with van der Waals surface area (Å²) in [7, 11) is 0. The zero-order valence-corrected chi connectivity index (χ0v) is 11.2. The summed E-state index contributed by atoms with van der Waals surface area (Å²) >= 11 is 0. The molecule has 2 aliphatic rings. The number of piperidine rings is 1. The van der Waals surface area contributed by atoms with Crippen LogP contribution in [0.2, 0.25) is 0 Å². The van der Waals surface area contributed by atoms with Gasteiger partial charge in [-0.15, -0.1) is 0 Å². The molecule has 3 nitrogen and oxygen atoms in total. The Labute approximate surface area is 106 Å². The molecule has 0 saturated carbocycles. The number of rotatable bonds is 3. The van der Waals surface area contributed by atoms with E-state index in [1.54, 1.807) is 0 Å². The number of hydrogen-bond acceptors (Lipinski definition) is 3. The van der Waals surface area contributed by atoms with Crippen LogP contribution in [0.5, 0.6) is 0 Å². The predicted octanol–water partition coefficient (Wildman–Crippen LogP) is 2.42. The van der Waals surface area contributed by atoms with Crippen LogP contribution < -0.4 is 5.32 Å². The van der Waals surface area contributed by atoms with Crippen LogP contribution in [0.15, 0.2) is 4.99 Å². The van der Waals surface area contributed by atoms with Gasteiger partial charge in [-0.05, 0) is 38.6 Å². The molecule has 0 bridgehead atoms. The van der Waals surface area contributed by atoms with Crippen molar-refractivity contribution in [3.8, 4) is 0 Å². The van der Waals surface area contributed by atoms with Gasteiger partial charge in [-0.2, -0.15) is 0 Å². The van der Waals surface area contributed by atoms with E-state index in [0.717, 1.165) is 6.54 Å². The number of aliphatic imine (C=N–C) groups is 1. The summed E-state index contributed by atoms with van der Waals surface area (Å²) in [5, 5.41) is 3.68. The summed E-state index contributed by atoms with van der Waals surface area (Å²) < 4.78 is 0. The zero-order chi connectivity index (χ0) is 11.9. The van der Waals surface area contributed by atoms with E-state index in [-0.39, 0.29) is 0 Å². The van der Waals surface area contributed by atoms with Gasteiger partial charge in [-0.1, -0.05) is 13.3 Å². The third kappa shape index (κ3) is 4.30. The third-order valence-corrected chi connectivity index (χ3v) is 3.87. The van der Waals surface area contributed by atoms with Gasteiger partial charge in [0.1, 0.15) is 0 Å². The molecule has 0 spiro atoms. The normalized spacial score (nSPS) is 24.2. The third-order valence-electron chi connectivity index (χ3n) is 3.87. The van der Waals surface area contributed by atoms with Crippen LogP contribution in [-0.2, 0) is 0 Å². The van der Waals surface area contributed by atoms with Gasteiger partial charge in [0.2, 0.25) is 0 Å². The van der Waals surface area contributed by atoms with E-state index in [2.05, 4.69) is 22.1 Å². The standard InChI is InChI=1S/C14H27N3/c1-2-10-17-11-7-13(8-12-17)16-14-6-4-3-5-9-15-14/h13H,2-12H2,1H3,(H,15,16). The van der Waals surface area contributed by atoms with Gasteiger partial charge in [0.25, 0.3) is 0 Å². The molecule has 0 aromatic rings. The summed E-state index contributed by atoms with van der Waals surface area (Å²) in [6.07, 6.45) is 8.99. The second-order valence-electron chi connectivity index (χ2n) is 5.40. The first-order chi connectivity index (χ1) is 8.38. The molecule has 2 rings (SSSR count). The SMILES string of the molecule is CCCN1CCC(NC2=NCCCCC2)CC1. The van der Waals surface area contributed by atoms with Gasteiger partial charge in [0.15, 0.2) is 0 Å². The van der Waals surface area contributed by atoms with E-state index >= 15 is 0 Å². The molecular formula is C14H27N3. The van der Waals surface area contributed by atoms with Gasteiger partial charge in [0, 0.05) is 32.1 Å². The van der Waals surface area contributed by atoms with Crippen molar-refractivity contribution in [1.29, 1.82) is 0 Å². The molecule has 0 aliphatic carbocycles. The predicted molar refractivity (Wildman–Crippen MR) is 73.7 cm³/mol. The molecule has 3 heteroatoms. The van der Waals surface area contributed by atoms with Crippen molar-refractivity contribution >= 4 is 5.84 Å². The fourth-order valence-corrected chi connectivity index (χ4v) is 2.84. The van der Waals surface area contributed by atoms with Crippen molar-refractivity contribution in [2.24, 2.45) is 4.99 Å². The first-order valence-corrected chi connectivity index (χ1v) is 7.40. The maximum absolute atomic E-state index is 4.66. The summed E-state index contributed by atoms with van der Waals surface area (Å²) in [6.45, 7) is 7.10. The molecule has 0 radical (unpaired) electrons. The Kier molecular flexibility index (Phi) is 5.30. The average molecular weight is 237 g/mol. The smallest absolute Gasteiger partial charge is 0.0965 e. The largest absolute Gasteiger partial charge is 0.371 e. The molecule has 0 amide bonds. The van der Waals surface area contributed by atoms with Gasteiger partial charge in [-0.25, -0.2) is 0 Å². The molecule has 2 heterocycles. The Morgan fingerprint density at radius 1 is 1.24 bits per heavy atom. The van der Waals surface area contributed by atoms with Gasteiger partial charge < -0.3 is 10.2 Å². The van der Waals surface area contributed by atoms with Crippen LogP contribution >= 0.6 is 0 Å². The van der Waals surface area contributed by atoms with Crippen LogP contribution in [0.3, 0.4) is 0 Å². The molecule has 1 N–H and O–H groups in total. The minimum absolute atomic E-state index is 0.681. The second-order valence-corrected chi connectivity index (χ2v) is 5.40. The molecule has 2 aliphatic heterocycles. The minimum atomic E-state index is 0.681. The summed E-state index contributed by atoms with van der Waals surface area (Å²) in [5.74, 6) is 1.29. The second kappa shape index (κ2) is 7.00. The molecular weight excluding hydrogens is 210 g/mol. The highest BCUT2D eigenvalue weighted by atomic mass is 15.1. The fourth-order valence-electron chi connectivity index (χ4n) is 2.84. The maximum Gasteiger partial charge on any atom is 0.0965 e. The van der Waals surface area contributed by atoms with E-state index in [0.29, 0.717) is 6.04 Å². The highest BCUT2D eigenvalue weighted by Gasteiger charge is 2.19. The molecule has 0 atom stereocenters. The molecule has 17 heavy (non-hydrogen) atoms. The number of hydrogen-bond donors (Lipinski definition) is 1. The zero-order valence-electron chi connectivity index (χ0n) is 11.2. The Balaban J connectivity index is 1.71. The Bertz CT molecular complexity index is 242. The van der Waals surface area contributed by atoms with Gasteiger partial charge in [0.05, 0.1) is 5.84 Å². The van der Waals surface area contributed by atoms with Crippen LogP contribution in [0.4, 0.5) is 0 Å². The Morgan fingerprint density at radius 3 is 2.82 bits per heavy atom. The van der Waals surface area contributed by atoms with E-state index in [4.69, 9.17) is 0 Å². The molecule has 0 unspecified atom stereocenters. The van der Waals surface area contributed by atoms with Crippen molar-refractivity contribution in [3.63, 3.8) is 0 Å². The number of amidine groups is 1. The van der Waals surface area contributed by atoms with Crippen molar-refractivity contribution in [3.05, 3.63) is 0 Å². The highest BCUT2D eigenvalue weighted by Crippen LogP contribution is 2.12. The average Bonchev–Trinajstić information content (AvgIpc) is 2.61. The molecule has 98 valence electrons. The van der Waals surface area contributed by atoms with Crippen LogP contribution in [-0.4, -0.2) is 43.0 Å². The van der Waals surface area contributed by atoms with E-state index in [9.17, 15) is 0 Å². The lowest BCUT2D eigenvalue weighted by Crippen LogP contribution is -2.44. The molecule has 0 aromatic carbocycles. The summed E-state index contributed by atoms with van der Waals surface area (Å²) in [4.78, 5) is 7.25. The lowest BCUT2D eigenvalue weighted by atomic mass is 10.0. The van der Waals surface area contributed by atoms with Gasteiger partial charge in [-0.3, -0.25) is 4.99 Å². The quantitative estimate of drug-likeness (QED) is 0.816. The van der Waals surface area contributed by atoms with Crippen LogP contribution in [0, 0.1) is 0 Å². The van der Waals surface area contributed by atoms with Crippen LogP contribution in [0.1, 0.15) is 51.9 Å². The first kappa shape index (κ1) is 12.9. The van der Waals surface area contributed by atoms with E-state index < -0.39 is 0 Å². The van der Waals surface area contributed by atoms with E-state index in [1.807, 2.05) is 0 Å². The van der Waals surface area contributed by atoms with Crippen molar-refractivity contribution in [2.75, 3.05) is 26.2 Å². The lowest BCUT2D eigenvalue weighted by molar-refractivity contribution is 0.206. The van der Waals surface area contributed by atoms with Crippen LogP contribution in [0.25, 0.3) is 0 Å². The van der Waals surface area contributed by atoms with Crippen molar-refractivity contribution < 1.29 is 0 Å².